The molecule has 0 aliphatic heterocycles. The van der Waals surface area contributed by atoms with Crippen LogP contribution in [0, 0.1) is 0 Å². The van der Waals surface area contributed by atoms with Crippen molar-refractivity contribution in [2.45, 2.75) is 6.04 Å². The lowest BCUT2D eigenvalue weighted by Crippen LogP contribution is -2.32. The first-order valence-corrected chi connectivity index (χ1v) is 8.22. The maximum atomic E-state index is 12.5. The number of nitrogens with two attached hydrogens (primary N) is 2. The fraction of sp³-hybridized carbons (Fsp3) is 0.263. The van der Waals surface area contributed by atoms with Gasteiger partial charge in [-0.1, -0.05) is 30.3 Å². The summed E-state index contributed by atoms with van der Waals surface area (Å²) in [5, 5.41) is 2.78. The van der Waals surface area contributed by atoms with Crippen LogP contribution in [0.15, 0.2) is 42.5 Å². The summed E-state index contributed by atoms with van der Waals surface area (Å²) in [7, 11) is 2.83. The third kappa shape index (κ3) is 6.04. The Labute approximate surface area is 169 Å². The van der Waals surface area contributed by atoms with E-state index in [0.29, 0.717) is 5.56 Å². The molecule has 5 N–H and O–H groups in total. The quantitative estimate of drug-likeness (QED) is 0.575. The van der Waals surface area contributed by atoms with Crippen molar-refractivity contribution in [3.63, 3.8) is 0 Å². The lowest BCUT2D eigenvalue weighted by Gasteiger charge is -2.16. The van der Waals surface area contributed by atoms with Crippen LogP contribution in [0.3, 0.4) is 0 Å². The van der Waals surface area contributed by atoms with Crippen molar-refractivity contribution in [3.05, 3.63) is 53.6 Å². The van der Waals surface area contributed by atoms with E-state index in [1.807, 2.05) is 30.3 Å². The van der Waals surface area contributed by atoms with E-state index in [9.17, 15) is 9.59 Å². The zero-order valence-corrected chi connectivity index (χ0v) is 16.5. The first-order chi connectivity index (χ1) is 13.0. The molecule has 28 heavy (non-hydrogen) atoms. The molecule has 2 aromatic rings. The summed E-state index contributed by atoms with van der Waals surface area (Å²) in [4.78, 5) is 23.5. The molecular formula is C19H24ClN3O5. The molecule has 8 nitrogen and oxygen atoms in total. The van der Waals surface area contributed by atoms with Gasteiger partial charge in [0.05, 0.1) is 14.2 Å². The molecule has 0 aromatic heterocycles. The summed E-state index contributed by atoms with van der Waals surface area (Å²) in [6.45, 7) is -0.0857. The van der Waals surface area contributed by atoms with Crippen molar-refractivity contribution >= 4 is 24.2 Å². The van der Waals surface area contributed by atoms with Gasteiger partial charge in [-0.15, -0.1) is 12.4 Å². The first kappa shape index (κ1) is 23.1. The topological polar surface area (TPSA) is 126 Å². The van der Waals surface area contributed by atoms with Crippen molar-refractivity contribution < 1.29 is 23.8 Å². The highest BCUT2D eigenvalue weighted by atomic mass is 35.5. The standard InChI is InChI=1S/C19H23N3O5.ClH/c1-25-15-8-13(9-16(26-2)18(15)27-11-17(21)23)19(24)22-10-14(20)12-6-4-3-5-7-12;/h3-9,14H,10-11,20H2,1-2H3,(H2,21,23)(H,22,24);1H. The molecular weight excluding hydrogens is 386 g/mol. The summed E-state index contributed by atoms with van der Waals surface area (Å²) in [6.07, 6.45) is 0. The molecule has 152 valence electrons. The number of primary amides is 1. The number of benzene rings is 2. The van der Waals surface area contributed by atoms with Gasteiger partial charge in [0.25, 0.3) is 11.8 Å². The fourth-order valence-corrected chi connectivity index (χ4v) is 2.42. The number of carbonyl (C=O) groups excluding carboxylic acids is 2. The third-order valence-corrected chi connectivity index (χ3v) is 3.79. The van der Waals surface area contributed by atoms with Crippen LogP contribution < -0.4 is 31.0 Å². The Kier molecular flexibility index (Phi) is 9.07. The second kappa shape index (κ2) is 11.0. The normalized spacial score (nSPS) is 11.0. The van der Waals surface area contributed by atoms with E-state index in [1.165, 1.54) is 26.4 Å². The van der Waals surface area contributed by atoms with Gasteiger partial charge in [-0.25, -0.2) is 0 Å². The zero-order chi connectivity index (χ0) is 19.8. The monoisotopic (exact) mass is 409 g/mol. The Hall–Kier alpha value is -2.97. The largest absolute Gasteiger partial charge is 0.493 e. The highest BCUT2D eigenvalue weighted by Crippen LogP contribution is 2.38. The Bertz CT molecular complexity index is 776. The predicted octanol–water partition coefficient (Wildman–Crippen LogP) is 1.42. The minimum absolute atomic E-state index is 0. The number of rotatable bonds is 9. The van der Waals surface area contributed by atoms with E-state index in [0.717, 1.165) is 5.56 Å². The van der Waals surface area contributed by atoms with E-state index in [1.54, 1.807) is 0 Å². The number of nitrogens with one attached hydrogen (secondary N) is 1. The van der Waals surface area contributed by atoms with Gasteiger partial charge < -0.3 is 31.0 Å². The highest BCUT2D eigenvalue weighted by molar-refractivity contribution is 5.95. The molecule has 2 rings (SSSR count). The molecule has 0 saturated heterocycles. The number of carbonyl (C=O) groups is 2. The highest BCUT2D eigenvalue weighted by Gasteiger charge is 2.19. The van der Waals surface area contributed by atoms with E-state index < -0.39 is 5.91 Å². The molecule has 2 amide bonds. The van der Waals surface area contributed by atoms with Crippen LogP contribution in [-0.4, -0.2) is 39.2 Å². The number of hydrogen-bond donors (Lipinski definition) is 3. The summed E-state index contributed by atoms with van der Waals surface area (Å²) < 4.78 is 15.8. The maximum Gasteiger partial charge on any atom is 0.255 e. The molecule has 0 fully saturated rings. The molecule has 0 heterocycles. The molecule has 0 saturated carbocycles. The third-order valence-electron chi connectivity index (χ3n) is 3.79. The molecule has 2 aromatic carbocycles. The van der Waals surface area contributed by atoms with Crippen molar-refractivity contribution in [2.75, 3.05) is 27.4 Å². The van der Waals surface area contributed by atoms with Gasteiger partial charge in [0.2, 0.25) is 5.75 Å². The number of halogens is 1. The van der Waals surface area contributed by atoms with Crippen LogP contribution in [0.25, 0.3) is 0 Å². The summed E-state index contributed by atoms with van der Waals surface area (Å²) in [5.74, 6) is -0.312. The van der Waals surface area contributed by atoms with Crippen LogP contribution >= 0.6 is 12.4 Å². The summed E-state index contributed by atoms with van der Waals surface area (Å²) in [6, 6.07) is 12.1. The van der Waals surface area contributed by atoms with Crippen molar-refractivity contribution in [2.24, 2.45) is 11.5 Å². The van der Waals surface area contributed by atoms with Gasteiger partial charge >= 0.3 is 0 Å². The lowest BCUT2D eigenvalue weighted by atomic mass is 10.1. The van der Waals surface area contributed by atoms with Gasteiger partial charge in [0.15, 0.2) is 18.1 Å². The molecule has 1 unspecified atom stereocenters. The van der Waals surface area contributed by atoms with E-state index in [4.69, 9.17) is 25.7 Å². The van der Waals surface area contributed by atoms with Crippen LogP contribution in [0.1, 0.15) is 22.0 Å². The van der Waals surface area contributed by atoms with Gasteiger partial charge in [0, 0.05) is 18.2 Å². The lowest BCUT2D eigenvalue weighted by molar-refractivity contribution is -0.120. The Morgan fingerprint density at radius 3 is 2.14 bits per heavy atom. The summed E-state index contributed by atoms with van der Waals surface area (Å²) >= 11 is 0. The van der Waals surface area contributed by atoms with Crippen LogP contribution in [0.2, 0.25) is 0 Å². The van der Waals surface area contributed by atoms with Crippen LogP contribution in [0.4, 0.5) is 0 Å². The number of hydrogen-bond acceptors (Lipinski definition) is 6. The molecule has 0 spiro atoms. The van der Waals surface area contributed by atoms with E-state index >= 15 is 0 Å². The Morgan fingerprint density at radius 2 is 1.64 bits per heavy atom. The van der Waals surface area contributed by atoms with E-state index in [-0.39, 0.29) is 54.8 Å². The van der Waals surface area contributed by atoms with Crippen molar-refractivity contribution in [1.82, 2.24) is 5.32 Å². The number of methoxy groups -OCH3 is 2. The second-order valence-corrected chi connectivity index (χ2v) is 5.69. The van der Waals surface area contributed by atoms with Gasteiger partial charge in [0.1, 0.15) is 0 Å². The van der Waals surface area contributed by atoms with Crippen molar-refractivity contribution in [3.8, 4) is 17.2 Å². The SMILES string of the molecule is COc1cc(C(=O)NCC(N)c2ccccc2)cc(OC)c1OCC(N)=O.Cl. The average molecular weight is 410 g/mol. The zero-order valence-electron chi connectivity index (χ0n) is 15.6. The Balaban J connectivity index is 0.00000392. The molecule has 9 heteroatoms. The minimum Gasteiger partial charge on any atom is -0.493 e. The first-order valence-electron chi connectivity index (χ1n) is 8.22. The minimum atomic E-state index is -0.643. The maximum absolute atomic E-state index is 12.5. The molecule has 0 bridgehead atoms. The Morgan fingerprint density at radius 1 is 1.07 bits per heavy atom. The van der Waals surface area contributed by atoms with Gasteiger partial charge in [-0.3, -0.25) is 9.59 Å². The smallest absolute Gasteiger partial charge is 0.255 e. The second-order valence-electron chi connectivity index (χ2n) is 5.69. The number of ether oxygens (including phenoxy) is 3. The molecule has 0 aliphatic carbocycles. The predicted molar refractivity (Wildman–Crippen MR) is 107 cm³/mol. The van der Waals surface area contributed by atoms with E-state index in [2.05, 4.69) is 5.32 Å². The van der Waals surface area contributed by atoms with Crippen LogP contribution in [-0.2, 0) is 4.79 Å². The number of amides is 2. The molecule has 0 aliphatic rings. The molecule has 0 radical (unpaired) electrons. The van der Waals surface area contributed by atoms with Crippen molar-refractivity contribution in [1.29, 1.82) is 0 Å². The average Bonchev–Trinajstić information content (AvgIpc) is 2.69. The summed E-state index contributed by atoms with van der Waals surface area (Å²) in [5.41, 5.74) is 12.4. The van der Waals surface area contributed by atoms with Gasteiger partial charge in [-0.05, 0) is 17.7 Å². The van der Waals surface area contributed by atoms with Crippen LogP contribution in [0.5, 0.6) is 17.2 Å². The van der Waals surface area contributed by atoms with Gasteiger partial charge in [-0.2, -0.15) is 0 Å². The fourth-order valence-electron chi connectivity index (χ4n) is 2.42. The molecule has 1 atom stereocenters.